The highest BCUT2D eigenvalue weighted by Crippen LogP contribution is 2.32. The zero-order chi connectivity index (χ0) is 13.8. The first-order valence-electron chi connectivity index (χ1n) is 6.10. The fourth-order valence-corrected chi connectivity index (χ4v) is 2.47. The van der Waals surface area contributed by atoms with E-state index in [1.54, 1.807) is 12.3 Å². The summed E-state index contributed by atoms with van der Waals surface area (Å²) in [7, 11) is 0. The van der Waals surface area contributed by atoms with Crippen LogP contribution in [0, 0.1) is 0 Å². The molecule has 0 amide bonds. The van der Waals surface area contributed by atoms with Gasteiger partial charge < -0.3 is 4.57 Å². The second-order valence-corrected chi connectivity index (χ2v) is 5.01. The van der Waals surface area contributed by atoms with Crippen LogP contribution in [-0.2, 0) is 6.54 Å². The van der Waals surface area contributed by atoms with Crippen molar-refractivity contribution >= 4 is 23.2 Å². The molecule has 1 heterocycles. The highest BCUT2D eigenvalue weighted by Gasteiger charge is 2.21. The second-order valence-electron chi connectivity index (χ2n) is 4.22. The van der Waals surface area contributed by atoms with Gasteiger partial charge in [0.05, 0.1) is 10.0 Å². The molecule has 0 saturated carbocycles. The maximum Gasteiger partial charge on any atom is 0.131 e. The van der Waals surface area contributed by atoms with Gasteiger partial charge in [0.15, 0.2) is 0 Å². The van der Waals surface area contributed by atoms with E-state index in [9.17, 15) is 0 Å². The topological polar surface area (TPSA) is 55.9 Å². The fourth-order valence-electron chi connectivity index (χ4n) is 2.06. The Morgan fingerprint density at radius 2 is 2.21 bits per heavy atom. The molecule has 2 aromatic rings. The second kappa shape index (κ2) is 6.39. The Morgan fingerprint density at radius 1 is 1.42 bits per heavy atom. The van der Waals surface area contributed by atoms with Gasteiger partial charge in [-0.05, 0) is 18.1 Å². The number of hydrogen-bond donors (Lipinski definition) is 2. The molecule has 1 aromatic carbocycles. The number of hydrazine groups is 1. The Morgan fingerprint density at radius 3 is 2.89 bits per heavy atom. The number of benzene rings is 1. The van der Waals surface area contributed by atoms with Gasteiger partial charge in [-0.2, -0.15) is 0 Å². The van der Waals surface area contributed by atoms with Crippen LogP contribution in [0.1, 0.15) is 30.8 Å². The van der Waals surface area contributed by atoms with Crippen LogP contribution < -0.4 is 11.3 Å². The minimum atomic E-state index is -0.284. The van der Waals surface area contributed by atoms with Gasteiger partial charge in [0.1, 0.15) is 11.9 Å². The van der Waals surface area contributed by atoms with Gasteiger partial charge in [-0.3, -0.25) is 5.84 Å². The third-order valence-electron chi connectivity index (χ3n) is 2.93. The van der Waals surface area contributed by atoms with Crippen molar-refractivity contribution in [2.45, 2.75) is 25.9 Å². The zero-order valence-corrected chi connectivity index (χ0v) is 12.1. The van der Waals surface area contributed by atoms with E-state index in [4.69, 9.17) is 29.0 Å². The van der Waals surface area contributed by atoms with Crippen molar-refractivity contribution in [2.75, 3.05) is 0 Å². The number of aromatic nitrogens is 2. The van der Waals surface area contributed by atoms with Crippen LogP contribution in [-0.4, -0.2) is 9.55 Å². The predicted molar refractivity (Wildman–Crippen MR) is 78.1 cm³/mol. The molecule has 102 valence electrons. The molecule has 0 spiro atoms. The van der Waals surface area contributed by atoms with E-state index < -0.39 is 0 Å². The molecule has 0 aliphatic carbocycles. The van der Waals surface area contributed by atoms with E-state index in [1.807, 2.05) is 18.3 Å². The number of halogens is 2. The van der Waals surface area contributed by atoms with Crippen LogP contribution in [0.3, 0.4) is 0 Å². The van der Waals surface area contributed by atoms with Crippen LogP contribution in [0.2, 0.25) is 10.0 Å². The van der Waals surface area contributed by atoms with Crippen molar-refractivity contribution in [3.05, 3.63) is 52.0 Å². The Labute approximate surface area is 122 Å². The summed E-state index contributed by atoms with van der Waals surface area (Å²) in [5.41, 5.74) is 3.58. The first-order valence-corrected chi connectivity index (χ1v) is 6.85. The van der Waals surface area contributed by atoms with Crippen molar-refractivity contribution in [3.8, 4) is 0 Å². The molecule has 0 aliphatic heterocycles. The molecule has 1 unspecified atom stereocenters. The molecule has 6 heteroatoms. The van der Waals surface area contributed by atoms with E-state index in [2.05, 4.69) is 21.9 Å². The predicted octanol–water partition coefficient (Wildman–Crippen LogP) is 3.15. The lowest BCUT2D eigenvalue weighted by molar-refractivity contribution is 0.545. The normalized spacial score (nSPS) is 12.6. The maximum absolute atomic E-state index is 6.25. The number of nitrogens with zero attached hydrogens (tertiary/aromatic N) is 2. The maximum atomic E-state index is 6.25. The van der Waals surface area contributed by atoms with E-state index in [-0.39, 0.29) is 6.04 Å². The van der Waals surface area contributed by atoms with Crippen LogP contribution in [0.15, 0.2) is 30.6 Å². The summed E-state index contributed by atoms with van der Waals surface area (Å²) in [6, 6.07) is 5.21. The summed E-state index contributed by atoms with van der Waals surface area (Å²) in [4.78, 5) is 4.37. The van der Waals surface area contributed by atoms with Gasteiger partial charge >= 0.3 is 0 Å². The molecule has 0 bridgehead atoms. The Hall–Kier alpha value is -1.07. The van der Waals surface area contributed by atoms with Crippen molar-refractivity contribution in [1.82, 2.24) is 15.0 Å². The van der Waals surface area contributed by atoms with E-state index in [0.29, 0.717) is 10.0 Å². The van der Waals surface area contributed by atoms with Crippen molar-refractivity contribution < 1.29 is 0 Å². The summed E-state index contributed by atoms with van der Waals surface area (Å²) in [5, 5.41) is 1.01. The fraction of sp³-hybridized carbons (Fsp3) is 0.308. The molecular formula is C13H16Cl2N4. The zero-order valence-electron chi connectivity index (χ0n) is 10.6. The molecular weight excluding hydrogens is 283 g/mol. The lowest BCUT2D eigenvalue weighted by Crippen LogP contribution is -2.31. The van der Waals surface area contributed by atoms with Crippen molar-refractivity contribution in [1.29, 1.82) is 0 Å². The van der Waals surface area contributed by atoms with Crippen molar-refractivity contribution in [2.24, 2.45) is 5.84 Å². The van der Waals surface area contributed by atoms with Crippen LogP contribution in [0.5, 0.6) is 0 Å². The third-order valence-corrected chi connectivity index (χ3v) is 3.76. The molecule has 0 radical (unpaired) electrons. The average Bonchev–Trinajstić information content (AvgIpc) is 2.84. The molecule has 19 heavy (non-hydrogen) atoms. The number of rotatable bonds is 5. The molecule has 0 fully saturated rings. The lowest BCUT2D eigenvalue weighted by Gasteiger charge is -2.19. The number of nitrogens with one attached hydrogen (secondary N) is 1. The summed E-state index contributed by atoms with van der Waals surface area (Å²) < 4.78 is 2.06. The van der Waals surface area contributed by atoms with Crippen LogP contribution in [0.4, 0.5) is 0 Å². The van der Waals surface area contributed by atoms with Gasteiger partial charge in [0, 0.05) is 18.9 Å². The number of nitrogens with two attached hydrogens (primary N) is 1. The van der Waals surface area contributed by atoms with Gasteiger partial charge in [0.2, 0.25) is 0 Å². The largest absolute Gasteiger partial charge is 0.333 e. The quantitative estimate of drug-likeness (QED) is 0.658. The van der Waals surface area contributed by atoms with Crippen LogP contribution >= 0.6 is 23.2 Å². The highest BCUT2D eigenvalue weighted by molar-refractivity contribution is 6.42. The van der Waals surface area contributed by atoms with Gasteiger partial charge in [0.25, 0.3) is 0 Å². The monoisotopic (exact) mass is 298 g/mol. The molecule has 4 nitrogen and oxygen atoms in total. The van der Waals surface area contributed by atoms with Gasteiger partial charge in [-0.1, -0.05) is 42.3 Å². The average molecular weight is 299 g/mol. The number of aryl methyl sites for hydroxylation is 1. The molecule has 0 aliphatic rings. The molecule has 1 atom stereocenters. The van der Waals surface area contributed by atoms with E-state index in [1.165, 1.54) is 0 Å². The number of hydrogen-bond acceptors (Lipinski definition) is 3. The highest BCUT2D eigenvalue weighted by atomic mass is 35.5. The molecule has 0 saturated heterocycles. The smallest absolute Gasteiger partial charge is 0.131 e. The lowest BCUT2D eigenvalue weighted by atomic mass is 10.1. The van der Waals surface area contributed by atoms with Gasteiger partial charge in [-0.25, -0.2) is 10.4 Å². The van der Waals surface area contributed by atoms with Crippen molar-refractivity contribution in [3.63, 3.8) is 0 Å². The third kappa shape index (κ3) is 2.92. The molecule has 3 N–H and O–H groups in total. The van der Waals surface area contributed by atoms with Crippen LogP contribution in [0.25, 0.3) is 0 Å². The van der Waals surface area contributed by atoms with E-state index >= 15 is 0 Å². The van der Waals surface area contributed by atoms with E-state index in [0.717, 1.165) is 24.4 Å². The summed E-state index contributed by atoms with van der Waals surface area (Å²) in [6.45, 7) is 2.99. The molecule has 1 aromatic heterocycles. The minimum absolute atomic E-state index is 0.284. The number of imidazole rings is 1. The Balaban J connectivity index is 2.44. The van der Waals surface area contributed by atoms with Gasteiger partial charge in [-0.15, -0.1) is 0 Å². The first kappa shape index (κ1) is 14.3. The first-order chi connectivity index (χ1) is 9.19. The Kier molecular flexibility index (Phi) is 4.82. The summed E-state index contributed by atoms with van der Waals surface area (Å²) in [6.07, 6.45) is 4.71. The summed E-state index contributed by atoms with van der Waals surface area (Å²) in [5.74, 6) is 6.50. The summed E-state index contributed by atoms with van der Waals surface area (Å²) >= 11 is 12.3. The Bertz CT molecular complexity index is 553. The standard InChI is InChI=1S/C13H16Cl2N4/c1-2-7-19-8-6-17-13(19)12(18-16)9-4-3-5-10(14)11(9)15/h3-6,8,12,18H,2,7,16H2,1H3. The SMILES string of the molecule is CCCn1ccnc1C(NN)c1cccc(Cl)c1Cl. The minimum Gasteiger partial charge on any atom is -0.333 e. The molecule has 2 rings (SSSR count).